The summed E-state index contributed by atoms with van der Waals surface area (Å²) in [7, 11) is 0. The second-order valence-electron chi connectivity index (χ2n) is 5.93. The molecular weight excluding hydrogens is 399 g/mol. The molecule has 0 saturated carbocycles. The molecule has 0 fully saturated rings. The van der Waals surface area contributed by atoms with Crippen LogP contribution in [0.25, 0.3) is 6.08 Å². The Morgan fingerprint density at radius 2 is 1.52 bits per heavy atom. The Morgan fingerprint density at radius 3 is 2.07 bits per heavy atom. The summed E-state index contributed by atoms with van der Waals surface area (Å²) in [5.74, 6) is -2.01. The molecule has 9 heteroatoms. The molecule has 0 aromatic heterocycles. The summed E-state index contributed by atoms with van der Waals surface area (Å²) < 4.78 is 74.5. The van der Waals surface area contributed by atoms with Crippen LogP contribution in [-0.2, 0) is 4.79 Å². The third kappa shape index (κ3) is 7.44. The van der Waals surface area contributed by atoms with Crippen LogP contribution in [0, 0.1) is 0 Å². The Kier molecular flexibility index (Phi) is 7.19. The van der Waals surface area contributed by atoms with Gasteiger partial charge in [0.05, 0.1) is 6.61 Å². The van der Waals surface area contributed by atoms with Gasteiger partial charge in [0.25, 0.3) is 0 Å². The van der Waals surface area contributed by atoms with Crippen molar-refractivity contribution in [3.63, 3.8) is 0 Å². The molecule has 2 rings (SSSR count). The first kappa shape index (κ1) is 22.2. The van der Waals surface area contributed by atoms with Gasteiger partial charge in [-0.05, 0) is 42.3 Å². The average Bonchev–Trinajstić information content (AvgIpc) is 2.64. The molecule has 0 amide bonds. The van der Waals surface area contributed by atoms with E-state index in [2.05, 4.69) is 4.74 Å². The zero-order valence-electron chi connectivity index (χ0n) is 15.0. The van der Waals surface area contributed by atoms with Crippen LogP contribution in [0.3, 0.4) is 0 Å². The van der Waals surface area contributed by atoms with Gasteiger partial charge in [-0.15, -0.1) is 0 Å². The zero-order chi connectivity index (χ0) is 21.5. The van der Waals surface area contributed by atoms with Gasteiger partial charge in [-0.1, -0.05) is 30.3 Å². The van der Waals surface area contributed by atoms with E-state index in [9.17, 15) is 26.7 Å². The molecule has 0 saturated heterocycles. The molecule has 4 nitrogen and oxygen atoms in total. The predicted molar refractivity (Wildman–Crippen MR) is 94.9 cm³/mol. The third-order valence-corrected chi connectivity index (χ3v) is 3.60. The van der Waals surface area contributed by atoms with Gasteiger partial charge in [0.1, 0.15) is 17.1 Å². The molecule has 0 spiro atoms. The molecule has 0 unspecified atom stereocenters. The van der Waals surface area contributed by atoms with E-state index in [0.717, 1.165) is 18.2 Å². The maximum atomic E-state index is 14.4. The number of carboxylic acid groups (broad SMARTS) is 1. The van der Waals surface area contributed by atoms with Gasteiger partial charge >= 0.3 is 18.3 Å². The number of ether oxygens (including phenoxy) is 2. The molecular formula is C20H17F5O4. The Labute approximate surface area is 163 Å². The fourth-order valence-electron chi connectivity index (χ4n) is 2.26. The van der Waals surface area contributed by atoms with Gasteiger partial charge in [0.15, 0.2) is 0 Å². The summed E-state index contributed by atoms with van der Waals surface area (Å²) in [6.07, 6.45) is -8.84. The molecule has 0 radical (unpaired) electrons. The Balaban J connectivity index is 2.03. The SMILES string of the molecule is O=C(O)/C(=C\c1ccccc1)C(F)(F)Oc1ccc(OCCCC(F)(F)F)cc1. The number of halogens is 5. The van der Waals surface area contributed by atoms with E-state index in [0.29, 0.717) is 0 Å². The summed E-state index contributed by atoms with van der Waals surface area (Å²) in [6.45, 7) is -0.196. The van der Waals surface area contributed by atoms with Gasteiger partial charge in [-0.3, -0.25) is 0 Å². The van der Waals surface area contributed by atoms with E-state index in [1.165, 1.54) is 24.3 Å². The summed E-state index contributed by atoms with van der Waals surface area (Å²) >= 11 is 0. The summed E-state index contributed by atoms with van der Waals surface area (Å²) in [4.78, 5) is 11.3. The summed E-state index contributed by atoms with van der Waals surface area (Å²) in [5.41, 5.74) is -0.994. The van der Waals surface area contributed by atoms with Crippen LogP contribution in [0.1, 0.15) is 18.4 Å². The van der Waals surface area contributed by atoms with Crippen molar-refractivity contribution < 1.29 is 41.3 Å². The van der Waals surface area contributed by atoms with Crippen molar-refractivity contribution in [3.05, 3.63) is 65.7 Å². The summed E-state index contributed by atoms with van der Waals surface area (Å²) in [6, 6.07) is 12.4. The molecule has 0 heterocycles. The highest BCUT2D eigenvalue weighted by atomic mass is 19.4. The van der Waals surface area contributed by atoms with E-state index in [-0.39, 0.29) is 30.1 Å². The van der Waals surface area contributed by atoms with Crippen molar-refractivity contribution in [3.8, 4) is 11.5 Å². The molecule has 2 aromatic carbocycles. The largest absolute Gasteiger partial charge is 0.494 e. The van der Waals surface area contributed by atoms with E-state index in [1.54, 1.807) is 18.2 Å². The monoisotopic (exact) mass is 416 g/mol. The van der Waals surface area contributed by atoms with Crippen molar-refractivity contribution in [1.82, 2.24) is 0 Å². The van der Waals surface area contributed by atoms with E-state index >= 15 is 0 Å². The maximum Gasteiger partial charge on any atom is 0.433 e. The lowest BCUT2D eigenvalue weighted by Gasteiger charge is -2.19. The molecule has 0 aliphatic rings. The number of alkyl halides is 5. The highest BCUT2D eigenvalue weighted by molar-refractivity contribution is 5.93. The van der Waals surface area contributed by atoms with E-state index in [1.807, 2.05) is 0 Å². The molecule has 2 aromatic rings. The van der Waals surface area contributed by atoms with Gasteiger partial charge in [-0.2, -0.15) is 22.0 Å². The lowest BCUT2D eigenvalue weighted by Crippen LogP contribution is -2.31. The molecule has 1 N–H and O–H groups in total. The van der Waals surface area contributed by atoms with Crippen LogP contribution in [0.15, 0.2) is 60.2 Å². The quantitative estimate of drug-likeness (QED) is 0.331. The minimum absolute atomic E-state index is 0.168. The van der Waals surface area contributed by atoms with Crippen molar-refractivity contribution in [2.24, 2.45) is 0 Å². The number of hydrogen-bond acceptors (Lipinski definition) is 3. The highest BCUT2D eigenvalue weighted by Crippen LogP contribution is 2.31. The van der Waals surface area contributed by atoms with Crippen molar-refractivity contribution in [2.75, 3.05) is 6.61 Å². The van der Waals surface area contributed by atoms with Crippen LogP contribution in [0.5, 0.6) is 11.5 Å². The minimum atomic E-state index is -4.28. The van der Waals surface area contributed by atoms with Gasteiger partial charge in [0.2, 0.25) is 0 Å². The Morgan fingerprint density at radius 1 is 0.931 bits per heavy atom. The number of benzene rings is 2. The molecule has 0 aliphatic heterocycles. The Bertz CT molecular complexity index is 830. The first-order valence-corrected chi connectivity index (χ1v) is 8.44. The number of hydrogen-bond donors (Lipinski definition) is 1. The van der Waals surface area contributed by atoms with Crippen LogP contribution in [0.2, 0.25) is 0 Å². The predicted octanol–water partition coefficient (Wildman–Crippen LogP) is 5.55. The van der Waals surface area contributed by atoms with Crippen LogP contribution in [0.4, 0.5) is 22.0 Å². The average molecular weight is 416 g/mol. The molecule has 0 bridgehead atoms. The summed E-state index contributed by atoms with van der Waals surface area (Å²) in [5, 5.41) is 9.14. The highest BCUT2D eigenvalue weighted by Gasteiger charge is 2.42. The second kappa shape index (κ2) is 9.40. The van der Waals surface area contributed by atoms with Crippen LogP contribution in [-0.4, -0.2) is 30.0 Å². The lowest BCUT2D eigenvalue weighted by molar-refractivity contribution is -0.160. The fraction of sp³-hybridized carbons (Fsp3) is 0.250. The van der Waals surface area contributed by atoms with Crippen LogP contribution < -0.4 is 9.47 Å². The minimum Gasteiger partial charge on any atom is -0.494 e. The molecule has 29 heavy (non-hydrogen) atoms. The smallest absolute Gasteiger partial charge is 0.433 e. The van der Waals surface area contributed by atoms with Crippen molar-refractivity contribution in [1.29, 1.82) is 0 Å². The number of aliphatic carboxylic acids is 1. The van der Waals surface area contributed by atoms with Gasteiger partial charge in [-0.25, -0.2) is 4.79 Å². The van der Waals surface area contributed by atoms with Crippen molar-refractivity contribution >= 4 is 12.0 Å². The van der Waals surface area contributed by atoms with Gasteiger partial charge in [0, 0.05) is 6.42 Å². The van der Waals surface area contributed by atoms with Gasteiger partial charge < -0.3 is 14.6 Å². The first-order valence-electron chi connectivity index (χ1n) is 8.44. The number of carbonyl (C=O) groups is 1. The standard InChI is InChI=1S/C20H17F5O4/c21-19(22,23)11-4-12-28-15-7-9-16(10-8-15)29-20(24,25)17(18(26)27)13-14-5-2-1-3-6-14/h1-3,5-10,13H,4,11-12H2,(H,26,27)/b17-13+. The second-order valence-corrected chi connectivity index (χ2v) is 5.93. The zero-order valence-corrected chi connectivity index (χ0v) is 15.0. The topological polar surface area (TPSA) is 55.8 Å². The molecule has 156 valence electrons. The van der Waals surface area contributed by atoms with Crippen molar-refractivity contribution in [2.45, 2.75) is 25.1 Å². The van der Waals surface area contributed by atoms with E-state index in [4.69, 9.17) is 9.84 Å². The van der Waals surface area contributed by atoms with E-state index < -0.39 is 30.2 Å². The molecule has 0 aliphatic carbocycles. The van der Waals surface area contributed by atoms with Crippen LogP contribution >= 0.6 is 0 Å². The Hall–Kier alpha value is -3.10. The fourth-order valence-corrected chi connectivity index (χ4v) is 2.26. The first-order chi connectivity index (χ1) is 13.6. The number of carboxylic acids is 1. The lowest BCUT2D eigenvalue weighted by atomic mass is 10.1. The number of rotatable bonds is 9. The normalized spacial score (nSPS) is 12.5. The molecule has 0 atom stereocenters. The third-order valence-electron chi connectivity index (χ3n) is 3.60. The maximum absolute atomic E-state index is 14.4.